The van der Waals surface area contributed by atoms with Gasteiger partial charge in [-0.25, -0.2) is 0 Å². The van der Waals surface area contributed by atoms with Crippen molar-refractivity contribution in [1.29, 1.82) is 0 Å². The third-order valence-corrected chi connectivity index (χ3v) is 3.01. The molecular formula is C14H11N3O5. The third kappa shape index (κ3) is 3.69. The number of benzene rings is 1. The second-order valence-corrected chi connectivity index (χ2v) is 4.54. The van der Waals surface area contributed by atoms with Crippen molar-refractivity contribution in [2.24, 2.45) is 0 Å². The van der Waals surface area contributed by atoms with E-state index in [1.165, 1.54) is 0 Å². The van der Waals surface area contributed by atoms with Crippen LogP contribution in [0.4, 0.5) is 11.4 Å². The van der Waals surface area contributed by atoms with Gasteiger partial charge in [-0.1, -0.05) is 6.07 Å². The lowest BCUT2D eigenvalue weighted by Gasteiger charge is -2.02. The molecule has 0 unspecified atom stereocenters. The zero-order valence-corrected chi connectivity index (χ0v) is 11.3. The van der Waals surface area contributed by atoms with Gasteiger partial charge in [0.05, 0.1) is 15.9 Å². The van der Waals surface area contributed by atoms with E-state index in [1.807, 2.05) is 0 Å². The van der Waals surface area contributed by atoms with Gasteiger partial charge in [0.1, 0.15) is 0 Å². The van der Waals surface area contributed by atoms with Crippen molar-refractivity contribution in [3.8, 4) is 0 Å². The molecule has 1 aromatic carbocycles. The van der Waals surface area contributed by atoms with Gasteiger partial charge in [0.25, 0.3) is 11.4 Å². The monoisotopic (exact) mass is 301 g/mol. The predicted molar refractivity (Wildman–Crippen MR) is 76.6 cm³/mol. The van der Waals surface area contributed by atoms with Crippen LogP contribution in [0.1, 0.15) is 22.3 Å². The minimum Gasteiger partial charge on any atom is -0.294 e. The van der Waals surface area contributed by atoms with Gasteiger partial charge in [-0.2, -0.15) is 0 Å². The molecule has 112 valence electrons. The molecule has 0 aliphatic rings. The number of rotatable bonds is 6. The topological polar surface area (TPSA) is 116 Å². The maximum Gasteiger partial charge on any atom is 0.277 e. The number of aromatic nitrogens is 1. The number of aryl methyl sites for hydroxylation is 1. The van der Waals surface area contributed by atoms with Gasteiger partial charge in [0.15, 0.2) is 5.78 Å². The molecular weight excluding hydrogens is 290 g/mol. The summed E-state index contributed by atoms with van der Waals surface area (Å²) >= 11 is 0. The zero-order chi connectivity index (χ0) is 16.1. The van der Waals surface area contributed by atoms with Crippen molar-refractivity contribution in [2.75, 3.05) is 0 Å². The number of hydrogen-bond acceptors (Lipinski definition) is 6. The molecule has 0 spiro atoms. The van der Waals surface area contributed by atoms with Crippen LogP contribution in [-0.4, -0.2) is 20.6 Å². The van der Waals surface area contributed by atoms with Gasteiger partial charge in [0, 0.05) is 36.5 Å². The second kappa shape index (κ2) is 6.53. The van der Waals surface area contributed by atoms with Crippen molar-refractivity contribution in [3.63, 3.8) is 0 Å². The Kier molecular flexibility index (Phi) is 4.52. The molecule has 0 saturated heterocycles. The number of Topliss-reactive ketones (excluding diaryl/α,β-unsaturated/α-hetero) is 1. The Bertz CT molecular complexity index is 698. The Balaban J connectivity index is 2.21. The van der Waals surface area contributed by atoms with Gasteiger partial charge < -0.3 is 0 Å². The van der Waals surface area contributed by atoms with Crippen LogP contribution in [0, 0.1) is 20.2 Å². The van der Waals surface area contributed by atoms with Gasteiger partial charge in [0.2, 0.25) is 0 Å². The van der Waals surface area contributed by atoms with E-state index in [9.17, 15) is 25.0 Å². The number of carbonyl (C=O) groups is 1. The van der Waals surface area contributed by atoms with Crippen LogP contribution in [0.25, 0.3) is 0 Å². The molecule has 0 fully saturated rings. The summed E-state index contributed by atoms with van der Waals surface area (Å²) in [6.07, 6.45) is 3.71. The van der Waals surface area contributed by atoms with Crippen LogP contribution >= 0.6 is 0 Å². The molecule has 0 amide bonds. The van der Waals surface area contributed by atoms with E-state index < -0.39 is 27.0 Å². The predicted octanol–water partition coefficient (Wildman–Crippen LogP) is 2.71. The van der Waals surface area contributed by atoms with Crippen molar-refractivity contribution >= 4 is 17.2 Å². The standard InChI is InChI=1S/C14H11N3O5/c18-14(4-3-10-2-1-5-15-9-10)11-6-12(16(19)20)8-13(7-11)17(21)22/h1-2,5-9H,3-4H2. The highest BCUT2D eigenvalue weighted by Crippen LogP contribution is 2.23. The Morgan fingerprint density at radius 3 is 2.23 bits per heavy atom. The molecule has 0 radical (unpaired) electrons. The lowest BCUT2D eigenvalue weighted by Crippen LogP contribution is -2.04. The molecule has 0 aliphatic heterocycles. The third-order valence-electron chi connectivity index (χ3n) is 3.01. The molecule has 0 saturated carbocycles. The van der Waals surface area contributed by atoms with Crippen molar-refractivity contribution in [3.05, 3.63) is 74.1 Å². The Labute approximate surface area is 124 Å². The number of nitro benzene ring substituents is 2. The van der Waals surface area contributed by atoms with Crippen molar-refractivity contribution < 1.29 is 14.6 Å². The first-order chi connectivity index (χ1) is 10.5. The normalized spacial score (nSPS) is 10.2. The molecule has 0 atom stereocenters. The van der Waals surface area contributed by atoms with E-state index in [-0.39, 0.29) is 12.0 Å². The molecule has 0 aliphatic carbocycles. The molecule has 2 aromatic rings. The summed E-state index contributed by atoms with van der Waals surface area (Å²) in [4.78, 5) is 36.1. The minimum atomic E-state index is -0.759. The smallest absolute Gasteiger partial charge is 0.277 e. The maximum atomic E-state index is 12.1. The van der Waals surface area contributed by atoms with Gasteiger partial charge in [-0.3, -0.25) is 30.0 Å². The summed E-state index contributed by atoms with van der Waals surface area (Å²) in [5, 5.41) is 21.6. The molecule has 8 nitrogen and oxygen atoms in total. The van der Waals surface area contributed by atoms with Crippen molar-refractivity contribution in [2.45, 2.75) is 12.8 Å². The van der Waals surface area contributed by atoms with Gasteiger partial charge in [-0.05, 0) is 18.1 Å². The Hall–Kier alpha value is -3.16. The maximum absolute atomic E-state index is 12.1. The minimum absolute atomic E-state index is 0.0372. The summed E-state index contributed by atoms with van der Waals surface area (Å²) in [5.41, 5.74) is -0.140. The quantitative estimate of drug-likeness (QED) is 0.460. The Morgan fingerprint density at radius 1 is 1.09 bits per heavy atom. The fraction of sp³-hybridized carbons (Fsp3) is 0.143. The van der Waals surface area contributed by atoms with E-state index in [0.29, 0.717) is 6.42 Å². The largest absolute Gasteiger partial charge is 0.294 e. The second-order valence-electron chi connectivity index (χ2n) is 4.54. The first kappa shape index (κ1) is 15.2. The summed E-state index contributed by atoms with van der Waals surface area (Å²) in [5.74, 6) is -0.393. The number of nitrogens with zero attached hydrogens (tertiary/aromatic N) is 3. The fourth-order valence-electron chi connectivity index (χ4n) is 1.92. The van der Waals surface area contributed by atoms with Crippen LogP contribution in [-0.2, 0) is 6.42 Å². The van der Waals surface area contributed by atoms with Gasteiger partial charge >= 0.3 is 0 Å². The average Bonchev–Trinajstić information content (AvgIpc) is 2.53. The molecule has 8 heteroatoms. The number of ketones is 1. The molecule has 0 N–H and O–H groups in total. The van der Waals surface area contributed by atoms with Crippen LogP contribution in [0.2, 0.25) is 0 Å². The van der Waals surface area contributed by atoms with Crippen LogP contribution in [0.3, 0.4) is 0 Å². The lowest BCUT2D eigenvalue weighted by atomic mass is 10.0. The highest BCUT2D eigenvalue weighted by molar-refractivity contribution is 5.97. The zero-order valence-electron chi connectivity index (χ0n) is 11.3. The molecule has 2 rings (SSSR count). The summed E-state index contributed by atoms with van der Waals surface area (Å²) in [6.45, 7) is 0. The number of hydrogen-bond donors (Lipinski definition) is 0. The highest BCUT2D eigenvalue weighted by Gasteiger charge is 2.19. The number of carbonyl (C=O) groups excluding carboxylic acids is 1. The SMILES string of the molecule is O=C(CCc1cccnc1)c1cc([N+](=O)[O-])cc([N+](=O)[O-])c1. The highest BCUT2D eigenvalue weighted by atomic mass is 16.6. The van der Waals surface area contributed by atoms with Crippen LogP contribution in [0.15, 0.2) is 42.7 Å². The first-order valence-electron chi connectivity index (χ1n) is 6.33. The van der Waals surface area contributed by atoms with Crippen LogP contribution < -0.4 is 0 Å². The van der Waals surface area contributed by atoms with Crippen LogP contribution in [0.5, 0.6) is 0 Å². The average molecular weight is 301 g/mol. The Morgan fingerprint density at radius 2 is 1.73 bits per heavy atom. The molecule has 1 aromatic heterocycles. The summed E-state index contributed by atoms with van der Waals surface area (Å²) in [7, 11) is 0. The van der Waals surface area contributed by atoms with E-state index in [2.05, 4.69) is 4.98 Å². The number of nitro groups is 2. The molecule has 1 heterocycles. The van der Waals surface area contributed by atoms with Crippen molar-refractivity contribution in [1.82, 2.24) is 4.98 Å². The fourth-order valence-corrected chi connectivity index (χ4v) is 1.92. The number of non-ortho nitro benzene ring substituents is 2. The lowest BCUT2D eigenvalue weighted by molar-refractivity contribution is -0.394. The molecule has 0 bridgehead atoms. The van der Waals surface area contributed by atoms with E-state index >= 15 is 0 Å². The first-order valence-corrected chi connectivity index (χ1v) is 6.33. The summed E-state index contributed by atoms with van der Waals surface area (Å²) < 4.78 is 0. The van der Waals surface area contributed by atoms with E-state index in [4.69, 9.17) is 0 Å². The van der Waals surface area contributed by atoms with E-state index in [1.54, 1.807) is 24.5 Å². The molecule has 22 heavy (non-hydrogen) atoms. The van der Waals surface area contributed by atoms with Gasteiger partial charge in [-0.15, -0.1) is 0 Å². The number of pyridine rings is 1. The summed E-state index contributed by atoms with van der Waals surface area (Å²) in [6, 6.07) is 6.48. The van der Waals surface area contributed by atoms with E-state index in [0.717, 1.165) is 23.8 Å².